The molecule has 0 aromatic heterocycles. The largest absolute Gasteiger partial charge is 0.512 e. The van der Waals surface area contributed by atoms with Gasteiger partial charge in [-0.3, -0.25) is 0 Å². The van der Waals surface area contributed by atoms with Crippen LogP contribution in [0.5, 0.6) is 0 Å². The molecule has 2 aliphatic rings. The molecule has 2 aliphatic carbocycles. The normalized spacial score (nSPS) is 28.7. The standard InChI is InChI=1S/C22H36O4/c1-26-13-9-4-2-3-7-11-20(24)22-19-15-17(10-6-5-8-12-23)14-18(19)16-21(22)25/h5,8,11,15,18-19,21-25H,2-4,6-7,9-10,12-14,16H2,1H3/t18-,19-,21-,22+/m1/s1. The predicted octanol–water partition coefficient (Wildman–Crippen LogP) is 4.30. The Labute approximate surface area is 158 Å². The second kappa shape index (κ2) is 11.6. The Morgan fingerprint density at radius 3 is 2.77 bits per heavy atom. The molecule has 0 bridgehead atoms. The Hall–Kier alpha value is -1.10. The molecule has 0 radical (unpaired) electrons. The Balaban J connectivity index is 1.80. The van der Waals surface area contributed by atoms with Crippen molar-refractivity contribution in [2.24, 2.45) is 17.8 Å². The molecule has 0 aliphatic heterocycles. The third-order valence-corrected chi connectivity index (χ3v) is 5.77. The summed E-state index contributed by atoms with van der Waals surface area (Å²) in [6.45, 7) is 0.923. The molecule has 0 aromatic carbocycles. The Kier molecular flexibility index (Phi) is 9.44. The average Bonchev–Trinajstić information content (AvgIpc) is 3.13. The first kappa shape index (κ1) is 21.2. The molecule has 1 fully saturated rings. The smallest absolute Gasteiger partial charge is 0.0945 e. The Morgan fingerprint density at radius 2 is 2.00 bits per heavy atom. The van der Waals surface area contributed by atoms with Gasteiger partial charge in [-0.05, 0) is 62.9 Å². The number of allylic oxidation sites excluding steroid dienone is 4. The topological polar surface area (TPSA) is 69.9 Å². The molecule has 4 heteroatoms. The van der Waals surface area contributed by atoms with Gasteiger partial charge in [-0.1, -0.05) is 36.6 Å². The number of aliphatic hydroxyl groups is 3. The lowest BCUT2D eigenvalue weighted by molar-refractivity contribution is 0.115. The summed E-state index contributed by atoms with van der Waals surface area (Å²) in [6.07, 6.45) is 16.8. The SMILES string of the molecule is COCCCCCCC=C(O)[C@@H]1[C@@H]2C=C(CCC=CCO)C[C@@H]2C[C@H]1O. The van der Waals surface area contributed by atoms with Crippen molar-refractivity contribution in [1.82, 2.24) is 0 Å². The number of ether oxygens (including phenoxy) is 1. The number of methoxy groups -OCH3 is 1. The highest BCUT2D eigenvalue weighted by atomic mass is 16.5. The summed E-state index contributed by atoms with van der Waals surface area (Å²) in [7, 11) is 1.73. The fraction of sp³-hybridized carbons (Fsp3) is 0.727. The van der Waals surface area contributed by atoms with Crippen molar-refractivity contribution in [1.29, 1.82) is 0 Å². The van der Waals surface area contributed by atoms with Gasteiger partial charge in [-0.15, -0.1) is 0 Å². The van der Waals surface area contributed by atoms with E-state index in [0.717, 1.165) is 64.4 Å². The molecule has 2 rings (SSSR count). The van der Waals surface area contributed by atoms with Crippen molar-refractivity contribution in [3.8, 4) is 0 Å². The molecule has 26 heavy (non-hydrogen) atoms. The maximum atomic E-state index is 10.6. The highest BCUT2D eigenvalue weighted by Crippen LogP contribution is 2.49. The van der Waals surface area contributed by atoms with Crippen molar-refractivity contribution in [2.45, 2.75) is 63.9 Å². The fourth-order valence-electron chi connectivity index (χ4n) is 4.47. The zero-order valence-corrected chi connectivity index (χ0v) is 16.1. The maximum absolute atomic E-state index is 10.6. The molecule has 0 unspecified atom stereocenters. The van der Waals surface area contributed by atoms with Crippen LogP contribution in [0.15, 0.2) is 35.6 Å². The quantitative estimate of drug-likeness (QED) is 0.274. The van der Waals surface area contributed by atoms with E-state index in [4.69, 9.17) is 9.84 Å². The van der Waals surface area contributed by atoms with Crippen molar-refractivity contribution in [3.63, 3.8) is 0 Å². The third-order valence-electron chi connectivity index (χ3n) is 5.77. The second-order valence-electron chi connectivity index (χ2n) is 7.71. The number of unbranched alkanes of at least 4 members (excludes halogenated alkanes) is 4. The summed E-state index contributed by atoms with van der Waals surface area (Å²) >= 11 is 0. The number of fused-ring (bicyclic) bond motifs is 1. The maximum Gasteiger partial charge on any atom is 0.0945 e. The monoisotopic (exact) mass is 364 g/mol. The van der Waals surface area contributed by atoms with Crippen LogP contribution in [0.25, 0.3) is 0 Å². The van der Waals surface area contributed by atoms with Gasteiger partial charge in [0.2, 0.25) is 0 Å². The first-order valence-corrected chi connectivity index (χ1v) is 10.2. The fourth-order valence-corrected chi connectivity index (χ4v) is 4.47. The second-order valence-corrected chi connectivity index (χ2v) is 7.71. The van der Waals surface area contributed by atoms with Gasteiger partial charge in [0.05, 0.1) is 18.5 Å². The predicted molar refractivity (Wildman–Crippen MR) is 105 cm³/mol. The lowest BCUT2D eigenvalue weighted by Gasteiger charge is -2.19. The summed E-state index contributed by atoms with van der Waals surface area (Å²) in [5, 5.41) is 29.8. The van der Waals surface area contributed by atoms with E-state index < -0.39 is 6.10 Å². The van der Waals surface area contributed by atoms with Crippen LogP contribution in [0, 0.1) is 17.8 Å². The summed E-state index contributed by atoms with van der Waals surface area (Å²) < 4.78 is 5.05. The van der Waals surface area contributed by atoms with E-state index in [1.165, 1.54) is 5.57 Å². The van der Waals surface area contributed by atoms with Gasteiger partial charge in [0.1, 0.15) is 0 Å². The molecule has 0 heterocycles. The number of aliphatic hydroxyl groups excluding tert-OH is 3. The Bertz CT molecular complexity index is 494. The van der Waals surface area contributed by atoms with Gasteiger partial charge in [0.15, 0.2) is 0 Å². The molecule has 0 spiro atoms. The minimum absolute atomic E-state index is 0.101. The van der Waals surface area contributed by atoms with Crippen LogP contribution in [0.2, 0.25) is 0 Å². The molecule has 1 saturated carbocycles. The van der Waals surface area contributed by atoms with Crippen LogP contribution in [0.1, 0.15) is 57.8 Å². The number of rotatable bonds is 12. The first-order chi connectivity index (χ1) is 12.7. The summed E-state index contributed by atoms with van der Waals surface area (Å²) in [4.78, 5) is 0. The van der Waals surface area contributed by atoms with Gasteiger partial charge < -0.3 is 20.1 Å². The molecule has 148 valence electrons. The number of hydrogen-bond donors (Lipinski definition) is 3. The highest BCUT2D eigenvalue weighted by molar-refractivity contribution is 5.23. The summed E-state index contributed by atoms with van der Waals surface area (Å²) in [6, 6.07) is 0. The van der Waals surface area contributed by atoms with Crippen LogP contribution in [-0.4, -0.2) is 41.7 Å². The first-order valence-electron chi connectivity index (χ1n) is 10.2. The van der Waals surface area contributed by atoms with E-state index in [1.54, 1.807) is 13.2 Å². The highest BCUT2D eigenvalue weighted by Gasteiger charge is 2.45. The lowest BCUT2D eigenvalue weighted by Crippen LogP contribution is -2.20. The lowest BCUT2D eigenvalue weighted by atomic mass is 9.90. The molecule has 0 saturated heterocycles. The van der Waals surface area contributed by atoms with E-state index in [2.05, 4.69) is 6.08 Å². The van der Waals surface area contributed by atoms with Crippen molar-refractivity contribution in [2.75, 3.05) is 20.3 Å². The Morgan fingerprint density at radius 1 is 1.19 bits per heavy atom. The van der Waals surface area contributed by atoms with E-state index in [9.17, 15) is 10.2 Å². The van der Waals surface area contributed by atoms with Gasteiger partial charge in [-0.25, -0.2) is 0 Å². The zero-order chi connectivity index (χ0) is 18.8. The van der Waals surface area contributed by atoms with Crippen LogP contribution < -0.4 is 0 Å². The van der Waals surface area contributed by atoms with E-state index in [0.29, 0.717) is 11.7 Å². The van der Waals surface area contributed by atoms with Crippen molar-refractivity contribution in [3.05, 3.63) is 35.6 Å². The molecule has 4 atom stereocenters. The van der Waals surface area contributed by atoms with Gasteiger partial charge in [-0.2, -0.15) is 0 Å². The van der Waals surface area contributed by atoms with E-state index in [1.807, 2.05) is 12.2 Å². The van der Waals surface area contributed by atoms with Crippen molar-refractivity contribution < 1.29 is 20.1 Å². The minimum atomic E-state index is -0.421. The van der Waals surface area contributed by atoms with Crippen LogP contribution >= 0.6 is 0 Å². The molecular weight excluding hydrogens is 328 g/mol. The van der Waals surface area contributed by atoms with E-state index in [-0.39, 0.29) is 18.4 Å². The van der Waals surface area contributed by atoms with Crippen molar-refractivity contribution >= 4 is 0 Å². The average molecular weight is 365 g/mol. The van der Waals surface area contributed by atoms with Gasteiger partial charge in [0, 0.05) is 19.6 Å². The van der Waals surface area contributed by atoms with Crippen LogP contribution in [0.4, 0.5) is 0 Å². The molecule has 3 N–H and O–H groups in total. The molecule has 4 nitrogen and oxygen atoms in total. The van der Waals surface area contributed by atoms with E-state index >= 15 is 0 Å². The molecular formula is C22H36O4. The minimum Gasteiger partial charge on any atom is -0.512 e. The summed E-state index contributed by atoms with van der Waals surface area (Å²) in [5.41, 5.74) is 1.44. The molecule has 0 amide bonds. The van der Waals surface area contributed by atoms with Gasteiger partial charge >= 0.3 is 0 Å². The zero-order valence-electron chi connectivity index (χ0n) is 16.1. The molecule has 0 aromatic rings. The van der Waals surface area contributed by atoms with Crippen LogP contribution in [0.3, 0.4) is 0 Å². The third kappa shape index (κ3) is 6.26. The van der Waals surface area contributed by atoms with Gasteiger partial charge in [0.25, 0.3) is 0 Å². The summed E-state index contributed by atoms with van der Waals surface area (Å²) in [5.74, 6) is 1.01. The number of hydrogen-bond acceptors (Lipinski definition) is 4. The van der Waals surface area contributed by atoms with Crippen LogP contribution in [-0.2, 0) is 4.74 Å².